The van der Waals surface area contributed by atoms with Gasteiger partial charge in [0.05, 0.1) is 0 Å². The van der Waals surface area contributed by atoms with Crippen molar-refractivity contribution in [2.24, 2.45) is 5.41 Å². The van der Waals surface area contributed by atoms with Gasteiger partial charge < -0.3 is 20.8 Å². The van der Waals surface area contributed by atoms with Crippen LogP contribution in [0.5, 0.6) is 11.5 Å². The Kier molecular flexibility index (Phi) is 6.12. The molecule has 4 nitrogen and oxygen atoms in total. The number of benzene rings is 4. The minimum Gasteiger partial charge on any atom is -0.508 e. The van der Waals surface area contributed by atoms with Gasteiger partial charge in [0.15, 0.2) is 0 Å². The highest BCUT2D eigenvalue weighted by Crippen LogP contribution is 2.28. The van der Waals surface area contributed by atoms with E-state index in [1.807, 2.05) is 36.4 Å². The van der Waals surface area contributed by atoms with Crippen molar-refractivity contribution in [3.63, 3.8) is 0 Å². The van der Waals surface area contributed by atoms with Crippen LogP contribution in [0.3, 0.4) is 0 Å². The molecule has 0 atom stereocenters. The van der Waals surface area contributed by atoms with Crippen LogP contribution in [0.1, 0.15) is 25.0 Å². The van der Waals surface area contributed by atoms with E-state index in [-0.39, 0.29) is 5.41 Å². The summed E-state index contributed by atoms with van der Waals surface area (Å²) in [5, 5.41) is 32.1. The molecule has 0 fully saturated rings. The average molecular weight is 415 g/mol. The third-order valence-electron chi connectivity index (χ3n) is 5.84. The van der Waals surface area contributed by atoms with Crippen LogP contribution in [0.2, 0.25) is 0 Å². The molecular weight excluding hydrogens is 384 g/mol. The van der Waals surface area contributed by atoms with Crippen molar-refractivity contribution in [3.8, 4) is 11.5 Å². The first kappa shape index (κ1) is 21.2. The zero-order chi connectivity index (χ0) is 21.8. The molecule has 0 heterocycles. The van der Waals surface area contributed by atoms with Gasteiger partial charge in [-0.1, -0.05) is 74.5 Å². The van der Waals surface area contributed by atoms with Crippen LogP contribution in [0.4, 0.5) is 0 Å². The topological polar surface area (TPSA) is 64.5 Å². The molecule has 0 radical (unpaired) electrons. The number of phenolic OH excluding ortho intramolecular Hbond substituents is 2. The normalized spacial score (nSPS) is 11.9. The van der Waals surface area contributed by atoms with E-state index >= 15 is 0 Å². The molecule has 0 aliphatic heterocycles. The van der Waals surface area contributed by atoms with Gasteiger partial charge in [-0.2, -0.15) is 0 Å². The predicted octanol–water partition coefficient (Wildman–Crippen LogP) is 5.31. The Morgan fingerprint density at radius 3 is 1.48 bits per heavy atom. The van der Waals surface area contributed by atoms with Crippen molar-refractivity contribution in [3.05, 3.63) is 83.9 Å². The summed E-state index contributed by atoms with van der Waals surface area (Å²) in [6, 6.07) is 23.7. The second-order valence-corrected chi connectivity index (χ2v) is 8.94. The van der Waals surface area contributed by atoms with E-state index in [1.165, 1.54) is 0 Å². The fourth-order valence-corrected chi connectivity index (χ4v) is 4.13. The largest absolute Gasteiger partial charge is 0.508 e. The van der Waals surface area contributed by atoms with E-state index < -0.39 is 0 Å². The maximum Gasteiger partial charge on any atom is 0.120 e. The third kappa shape index (κ3) is 4.82. The van der Waals surface area contributed by atoms with Gasteiger partial charge in [-0.05, 0) is 39.1 Å². The summed E-state index contributed by atoms with van der Waals surface area (Å²) in [5.41, 5.74) is 1.87. The zero-order valence-corrected chi connectivity index (χ0v) is 18.2. The summed E-state index contributed by atoms with van der Waals surface area (Å²) in [6.07, 6.45) is 0. The molecule has 0 unspecified atom stereocenters. The lowest BCUT2D eigenvalue weighted by molar-refractivity contribution is 0.317. The molecule has 31 heavy (non-hydrogen) atoms. The Balaban J connectivity index is 1.36. The van der Waals surface area contributed by atoms with E-state index in [2.05, 4.69) is 48.7 Å². The number of hydrogen-bond donors (Lipinski definition) is 4. The Bertz CT molecular complexity index is 1110. The number of fused-ring (bicyclic) bond motifs is 2. The molecule has 0 amide bonds. The van der Waals surface area contributed by atoms with Crippen molar-refractivity contribution < 1.29 is 10.2 Å². The second kappa shape index (κ2) is 8.96. The molecule has 0 bridgehead atoms. The lowest BCUT2D eigenvalue weighted by Gasteiger charge is -2.26. The first-order valence-corrected chi connectivity index (χ1v) is 10.8. The summed E-state index contributed by atoms with van der Waals surface area (Å²) in [5.74, 6) is 0.655. The predicted molar refractivity (Wildman–Crippen MR) is 128 cm³/mol. The van der Waals surface area contributed by atoms with Gasteiger partial charge in [-0.25, -0.2) is 0 Å². The van der Waals surface area contributed by atoms with Crippen LogP contribution in [-0.4, -0.2) is 23.3 Å². The van der Waals surface area contributed by atoms with Crippen LogP contribution in [0.25, 0.3) is 21.5 Å². The van der Waals surface area contributed by atoms with Crippen molar-refractivity contribution in [2.45, 2.75) is 26.9 Å². The van der Waals surface area contributed by atoms with Crippen molar-refractivity contribution in [1.29, 1.82) is 0 Å². The Hall–Kier alpha value is -3.08. The van der Waals surface area contributed by atoms with Gasteiger partial charge in [0, 0.05) is 37.3 Å². The highest BCUT2D eigenvalue weighted by Gasteiger charge is 2.18. The molecule has 4 N–H and O–H groups in total. The number of rotatable bonds is 8. The Morgan fingerprint density at radius 2 is 1.03 bits per heavy atom. The zero-order valence-electron chi connectivity index (χ0n) is 18.2. The summed E-state index contributed by atoms with van der Waals surface area (Å²) in [4.78, 5) is 0. The van der Waals surface area contributed by atoms with Crippen LogP contribution >= 0.6 is 0 Å². The summed E-state index contributed by atoms with van der Waals surface area (Å²) < 4.78 is 0. The smallest absolute Gasteiger partial charge is 0.120 e. The summed E-state index contributed by atoms with van der Waals surface area (Å²) in [7, 11) is 0. The first-order chi connectivity index (χ1) is 14.9. The van der Waals surface area contributed by atoms with E-state index in [0.717, 1.165) is 45.8 Å². The molecule has 0 saturated heterocycles. The second-order valence-electron chi connectivity index (χ2n) is 8.94. The van der Waals surface area contributed by atoms with E-state index in [4.69, 9.17) is 0 Å². The molecule has 0 spiro atoms. The molecule has 4 heteroatoms. The minimum absolute atomic E-state index is 0.000403. The van der Waals surface area contributed by atoms with Crippen LogP contribution in [0, 0.1) is 5.41 Å². The van der Waals surface area contributed by atoms with E-state index in [9.17, 15) is 10.2 Å². The van der Waals surface area contributed by atoms with Gasteiger partial charge in [0.25, 0.3) is 0 Å². The van der Waals surface area contributed by atoms with Crippen molar-refractivity contribution in [2.75, 3.05) is 13.1 Å². The molecule has 4 aromatic carbocycles. The number of phenols is 2. The summed E-state index contributed by atoms with van der Waals surface area (Å²) >= 11 is 0. The first-order valence-electron chi connectivity index (χ1n) is 10.8. The van der Waals surface area contributed by atoms with Crippen molar-refractivity contribution in [1.82, 2.24) is 10.6 Å². The lowest BCUT2D eigenvalue weighted by atomic mass is 9.93. The minimum atomic E-state index is 0.000403. The fraction of sp³-hybridized carbons (Fsp3) is 0.259. The average Bonchev–Trinajstić information content (AvgIpc) is 2.77. The van der Waals surface area contributed by atoms with Gasteiger partial charge >= 0.3 is 0 Å². The maximum absolute atomic E-state index is 10.3. The molecule has 4 aromatic rings. The summed E-state index contributed by atoms with van der Waals surface area (Å²) in [6.45, 7) is 7.23. The molecular formula is C27H30N2O2. The fourth-order valence-electron chi connectivity index (χ4n) is 4.13. The number of aromatic hydroxyl groups is 2. The van der Waals surface area contributed by atoms with Crippen molar-refractivity contribution >= 4 is 21.5 Å². The van der Waals surface area contributed by atoms with Gasteiger partial charge in [0.2, 0.25) is 0 Å². The van der Waals surface area contributed by atoms with E-state index in [0.29, 0.717) is 24.6 Å². The quantitative estimate of drug-likeness (QED) is 0.315. The van der Waals surface area contributed by atoms with E-state index in [1.54, 1.807) is 12.1 Å². The van der Waals surface area contributed by atoms with Gasteiger partial charge in [-0.15, -0.1) is 0 Å². The standard InChI is InChI=1S/C27H30N2O2/c1-27(2,17-28-15-23-21-9-5-3-7-19(21)11-13-25(23)30)18-29-16-24-22-10-6-4-8-20(22)12-14-26(24)31/h3-14,28-31H,15-18H2,1-2H3. The lowest BCUT2D eigenvalue weighted by Crippen LogP contribution is -2.37. The Labute approximate surface area is 183 Å². The molecule has 4 rings (SSSR count). The van der Waals surface area contributed by atoms with Crippen LogP contribution in [-0.2, 0) is 13.1 Å². The molecule has 0 saturated carbocycles. The van der Waals surface area contributed by atoms with Crippen LogP contribution < -0.4 is 10.6 Å². The number of nitrogens with one attached hydrogen (secondary N) is 2. The van der Waals surface area contributed by atoms with Crippen LogP contribution in [0.15, 0.2) is 72.8 Å². The monoisotopic (exact) mass is 414 g/mol. The highest BCUT2D eigenvalue weighted by molar-refractivity contribution is 5.88. The Morgan fingerprint density at radius 1 is 0.613 bits per heavy atom. The molecule has 0 aliphatic rings. The SMILES string of the molecule is CC(C)(CNCc1c(O)ccc2ccccc12)CNCc1c(O)ccc2ccccc12. The molecule has 0 aliphatic carbocycles. The maximum atomic E-state index is 10.3. The number of hydrogen-bond acceptors (Lipinski definition) is 4. The highest BCUT2D eigenvalue weighted by atomic mass is 16.3. The molecule has 160 valence electrons. The molecule has 0 aromatic heterocycles. The van der Waals surface area contributed by atoms with Gasteiger partial charge in [0.1, 0.15) is 11.5 Å². The van der Waals surface area contributed by atoms with Gasteiger partial charge in [-0.3, -0.25) is 0 Å². The third-order valence-corrected chi connectivity index (χ3v) is 5.84.